The molecule has 1 saturated heterocycles. The highest BCUT2D eigenvalue weighted by Crippen LogP contribution is 2.18. The standard InChI is InChI=1S/C24H40N6O5/c1-3-34-23(32)18-30(19-24(33)35-4-2)21-7-5-20(6-8-21)28-22(31)17-29-15-13-26-11-9-25-10-12-27-14-16-29/h5-8,25-27H,3-4,9-19H2,1-2H3,(H,28,31). The van der Waals surface area contributed by atoms with E-state index in [1.165, 1.54) is 0 Å². The molecule has 0 saturated carbocycles. The van der Waals surface area contributed by atoms with Crippen LogP contribution >= 0.6 is 0 Å². The van der Waals surface area contributed by atoms with Gasteiger partial charge < -0.3 is 35.6 Å². The number of carbonyl (C=O) groups is 3. The molecule has 1 aliphatic rings. The van der Waals surface area contributed by atoms with E-state index in [-0.39, 0.29) is 32.2 Å². The van der Waals surface area contributed by atoms with Crippen LogP contribution < -0.4 is 26.2 Å². The van der Waals surface area contributed by atoms with Crippen LogP contribution in [0.5, 0.6) is 0 Å². The predicted octanol–water partition coefficient (Wildman–Crippen LogP) is -0.358. The minimum absolute atomic E-state index is 0.0779. The first-order chi connectivity index (χ1) is 17.0. The van der Waals surface area contributed by atoms with Crippen LogP contribution in [-0.2, 0) is 23.9 Å². The van der Waals surface area contributed by atoms with Gasteiger partial charge in [0.25, 0.3) is 0 Å². The summed E-state index contributed by atoms with van der Waals surface area (Å²) in [6.07, 6.45) is 0. The van der Waals surface area contributed by atoms with Crippen LogP contribution in [0.25, 0.3) is 0 Å². The summed E-state index contributed by atoms with van der Waals surface area (Å²) in [5.74, 6) is -0.956. The number of rotatable bonds is 10. The number of benzene rings is 1. The van der Waals surface area contributed by atoms with E-state index >= 15 is 0 Å². The Bertz CT molecular complexity index is 744. The van der Waals surface area contributed by atoms with Crippen molar-refractivity contribution in [3.63, 3.8) is 0 Å². The highest BCUT2D eigenvalue weighted by atomic mass is 16.5. The fourth-order valence-corrected chi connectivity index (χ4v) is 3.60. The van der Waals surface area contributed by atoms with Crippen molar-refractivity contribution in [3.05, 3.63) is 24.3 Å². The normalized spacial score (nSPS) is 15.8. The number of carbonyl (C=O) groups excluding carboxylic acids is 3. The summed E-state index contributed by atoms with van der Waals surface area (Å²) in [6, 6.07) is 7.02. The Morgan fingerprint density at radius 1 is 0.829 bits per heavy atom. The molecule has 1 heterocycles. The highest BCUT2D eigenvalue weighted by Gasteiger charge is 2.17. The Kier molecular flexibility index (Phi) is 13.7. The third-order valence-electron chi connectivity index (χ3n) is 5.30. The Labute approximate surface area is 207 Å². The molecule has 0 unspecified atom stereocenters. The van der Waals surface area contributed by atoms with Crippen molar-refractivity contribution < 1.29 is 23.9 Å². The first-order valence-electron chi connectivity index (χ1n) is 12.3. The molecular formula is C24H40N6O5. The largest absolute Gasteiger partial charge is 0.465 e. The summed E-state index contributed by atoms with van der Waals surface area (Å²) >= 11 is 0. The predicted molar refractivity (Wildman–Crippen MR) is 136 cm³/mol. The maximum absolute atomic E-state index is 12.7. The van der Waals surface area contributed by atoms with Crippen LogP contribution in [0.1, 0.15) is 13.8 Å². The van der Waals surface area contributed by atoms with Gasteiger partial charge in [0.05, 0.1) is 19.8 Å². The molecule has 0 spiro atoms. The first-order valence-corrected chi connectivity index (χ1v) is 12.3. The number of nitrogens with one attached hydrogen (secondary N) is 4. The van der Waals surface area contributed by atoms with Gasteiger partial charge >= 0.3 is 11.9 Å². The molecule has 11 heteroatoms. The smallest absolute Gasteiger partial charge is 0.325 e. The molecular weight excluding hydrogens is 452 g/mol. The summed E-state index contributed by atoms with van der Waals surface area (Å²) in [5, 5.41) is 13.1. The van der Waals surface area contributed by atoms with Crippen molar-refractivity contribution in [2.24, 2.45) is 0 Å². The fourth-order valence-electron chi connectivity index (χ4n) is 3.60. The van der Waals surface area contributed by atoms with Crippen molar-refractivity contribution >= 4 is 29.2 Å². The Morgan fingerprint density at radius 2 is 1.31 bits per heavy atom. The molecule has 0 atom stereocenters. The van der Waals surface area contributed by atoms with Gasteiger partial charge in [0.1, 0.15) is 13.1 Å². The molecule has 1 aliphatic heterocycles. The number of amides is 1. The van der Waals surface area contributed by atoms with Gasteiger partial charge in [-0.2, -0.15) is 0 Å². The molecule has 1 aromatic rings. The van der Waals surface area contributed by atoms with E-state index in [4.69, 9.17) is 9.47 Å². The van der Waals surface area contributed by atoms with Gasteiger partial charge in [-0.1, -0.05) is 0 Å². The van der Waals surface area contributed by atoms with E-state index in [0.29, 0.717) is 17.9 Å². The average Bonchev–Trinajstić information content (AvgIpc) is 2.81. The highest BCUT2D eigenvalue weighted by molar-refractivity contribution is 5.92. The van der Waals surface area contributed by atoms with Crippen LogP contribution in [0.3, 0.4) is 0 Å². The van der Waals surface area contributed by atoms with Crippen molar-refractivity contribution in [1.29, 1.82) is 0 Å². The summed E-state index contributed by atoms with van der Waals surface area (Å²) in [6.45, 7) is 11.0. The van der Waals surface area contributed by atoms with Gasteiger partial charge in [0, 0.05) is 63.7 Å². The van der Waals surface area contributed by atoms with E-state index in [1.54, 1.807) is 43.0 Å². The Hall–Kier alpha value is -2.73. The molecule has 1 aromatic carbocycles. The first kappa shape index (κ1) is 28.5. The molecule has 4 N–H and O–H groups in total. The summed E-state index contributed by atoms with van der Waals surface area (Å²) < 4.78 is 10.0. The molecule has 0 radical (unpaired) electrons. The van der Waals surface area contributed by atoms with E-state index < -0.39 is 11.9 Å². The van der Waals surface area contributed by atoms with E-state index in [0.717, 1.165) is 52.4 Å². The minimum atomic E-state index is -0.430. The molecule has 196 valence electrons. The van der Waals surface area contributed by atoms with Crippen LogP contribution in [-0.4, -0.2) is 108 Å². The van der Waals surface area contributed by atoms with Gasteiger partial charge in [-0.25, -0.2) is 0 Å². The molecule has 2 rings (SSSR count). The minimum Gasteiger partial charge on any atom is -0.465 e. The number of ether oxygens (including phenoxy) is 2. The van der Waals surface area contributed by atoms with Crippen molar-refractivity contribution in [3.8, 4) is 0 Å². The van der Waals surface area contributed by atoms with Crippen LogP contribution in [0.2, 0.25) is 0 Å². The zero-order valence-electron chi connectivity index (χ0n) is 20.9. The Morgan fingerprint density at radius 3 is 1.80 bits per heavy atom. The lowest BCUT2D eigenvalue weighted by Gasteiger charge is -2.24. The summed E-state index contributed by atoms with van der Waals surface area (Å²) in [4.78, 5) is 40.4. The number of anilines is 2. The maximum atomic E-state index is 12.7. The lowest BCUT2D eigenvalue weighted by molar-refractivity contribution is -0.142. The molecule has 0 aromatic heterocycles. The molecule has 35 heavy (non-hydrogen) atoms. The molecule has 11 nitrogen and oxygen atoms in total. The lowest BCUT2D eigenvalue weighted by Crippen LogP contribution is -2.44. The second-order valence-electron chi connectivity index (χ2n) is 8.09. The fraction of sp³-hybridized carbons (Fsp3) is 0.625. The van der Waals surface area contributed by atoms with Crippen LogP contribution in [0, 0.1) is 0 Å². The van der Waals surface area contributed by atoms with E-state index in [1.807, 2.05) is 0 Å². The second kappa shape index (κ2) is 16.8. The van der Waals surface area contributed by atoms with Crippen molar-refractivity contribution in [2.75, 3.05) is 95.4 Å². The van der Waals surface area contributed by atoms with Gasteiger partial charge in [-0.15, -0.1) is 0 Å². The maximum Gasteiger partial charge on any atom is 0.325 e. The monoisotopic (exact) mass is 492 g/mol. The molecule has 0 bridgehead atoms. The summed E-state index contributed by atoms with van der Waals surface area (Å²) in [5.41, 5.74) is 1.29. The lowest BCUT2D eigenvalue weighted by atomic mass is 10.2. The third kappa shape index (κ3) is 12.0. The average molecular weight is 493 g/mol. The van der Waals surface area contributed by atoms with Crippen molar-refractivity contribution in [1.82, 2.24) is 20.9 Å². The number of hydrogen-bond donors (Lipinski definition) is 4. The zero-order chi connectivity index (χ0) is 25.3. The van der Waals surface area contributed by atoms with E-state index in [9.17, 15) is 14.4 Å². The SMILES string of the molecule is CCOC(=O)CN(CC(=O)OCC)c1ccc(NC(=O)CN2CCNCCNCCNCC2)cc1. The van der Waals surface area contributed by atoms with Crippen LogP contribution in [0.4, 0.5) is 11.4 Å². The molecule has 1 fully saturated rings. The second-order valence-corrected chi connectivity index (χ2v) is 8.09. The van der Waals surface area contributed by atoms with Gasteiger partial charge in [-0.3, -0.25) is 19.3 Å². The van der Waals surface area contributed by atoms with Gasteiger partial charge in [0.2, 0.25) is 5.91 Å². The number of esters is 2. The topological polar surface area (TPSA) is 124 Å². The van der Waals surface area contributed by atoms with Crippen molar-refractivity contribution in [2.45, 2.75) is 13.8 Å². The van der Waals surface area contributed by atoms with Gasteiger partial charge in [-0.05, 0) is 38.1 Å². The summed E-state index contributed by atoms with van der Waals surface area (Å²) in [7, 11) is 0. The number of hydrogen-bond acceptors (Lipinski definition) is 10. The molecule has 0 aliphatic carbocycles. The third-order valence-corrected chi connectivity index (χ3v) is 5.30. The number of nitrogens with zero attached hydrogens (tertiary/aromatic N) is 2. The van der Waals surface area contributed by atoms with Crippen LogP contribution in [0.15, 0.2) is 24.3 Å². The zero-order valence-corrected chi connectivity index (χ0v) is 20.9. The quantitative estimate of drug-likeness (QED) is 0.322. The van der Waals surface area contributed by atoms with Gasteiger partial charge in [0.15, 0.2) is 0 Å². The Balaban J connectivity index is 1.94. The van der Waals surface area contributed by atoms with E-state index in [2.05, 4.69) is 26.2 Å². The molecule has 1 amide bonds.